The first-order chi connectivity index (χ1) is 17.4. The van der Waals surface area contributed by atoms with E-state index in [-0.39, 0.29) is 17.5 Å². The van der Waals surface area contributed by atoms with Crippen LogP contribution in [0.2, 0.25) is 0 Å². The summed E-state index contributed by atoms with van der Waals surface area (Å²) >= 11 is 0. The van der Waals surface area contributed by atoms with E-state index in [9.17, 15) is 24.3 Å². The highest BCUT2D eigenvalue weighted by atomic mass is 32.3. The van der Waals surface area contributed by atoms with Gasteiger partial charge in [0.15, 0.2) is 5.82 Å². The molecule has 1 saturated heterocycles. The summed E-state index contributed by atoms with van der Waals surface area (Å²) in [5, 5.41) is 29.3. The zero-order valence-electron chi connectivity index (χ0n) is 19.7. The van der Waals surface area contributed by atoms with Crippen LogP contribution in [0.1, 0.15) is 56.2 Å². The van der Waals surface area contributed by atoms with Gasteiger partial charge in [-0.1, -0.05) is 12.8 Å². The van der Waals surface area contributed by atoms with Crippen LogP contribution in [0.15, 0.2) is 40.2 Å². The first kappa shape index (κ1) is 23.5. The summed E-state index contributed by atoms with van der Waals surface area (Å²) in [5.74, 6) is 0.180. The topological polar surface area (TPSA) is 156 Å². The highest BCUT2D eigenvalue weighted by Gasteiger charge is 2.57. The van der Waals surface area contributed by atoms with Crippen molar-refractivity contribution < 1.29 is 18.9 Å². The van der Waals surface area contributed by atoms with Crippen LogP contribution >= 0.6 is 10.6 Å². The maximum atomic E-state index is 12.8. The van der Waals surface area contributed by atoms with Gasteiger partial charge in [-0.15, -0.1) is 0 Å². The number of nitriles is 1. The maximum Gasteiger partial charge on any atom is 0.261 e. The molecule has 11 heteroatoms. The molecule has 2 aromatic heterocycles. The van der Waals surface area contributed by atoms with E-state index in [1.807, 2.05) is 0 Å². The quantitative estimate of drug-likeness (QED) is 0.346. The Kier molecular flexibility index (Phi) is 5.62. The Balaban J connectivity index is 1.40. The molecular weight excluding hydrogens is 482 g/mol. The number of nitrogens with one attached hydrogen (secondary N) is 2. The van der Waals surface area contributed by atoms with Crippen molar-refractivity contribution in [1.29, 1.82) is 5.26 Å². The van der Waals surface area contributed by atoms with Crippen molar-refractivity contribution in [3.8, 4) is 6.07 Å². The number of benzene rings is 1. The predicted octanol–water partition coefficient (Wildman–Crippen LogP) is 4.43. The second kappa shape index (κ2) is 8.61. The Hall–Kier alpha value is -2.88. The molecule has 36 heavy (non-hydrogen) atoms. The lowest BCUT2D eigenvalue weighted by atomic mass is 9.85. The summed E-state index contributed by atoms with van der Waals surface area (Å²) in [6.07, 6.45) is 4.88. The van der Waals surface area contributed by atoms with E-state index in [1.54, 1.807) is 35.1 Å². The van der Waals surface area contributed by atoms with Crippen molar-refractivity contribution in [3.63, 3.8) is 0 Å². The van der Waals surface area contributed by atoms with Gasteiger partial charge in [0.25, 0.3) is 5.56 Å². The fourth-order valence-electron chi connectivity index (χ4n) is 6.16. The fourth-order valence-corrected chi connectivity index (χ4v) is 8.53. The number of hydrogen-bond acceptors (Lipinski definition) is 8. The average molecular weight is 512 g/mol. The molecule has 1 spiro atoms. The van der Waals surface area contributed by atoms with Gasteiger partial charge in [0.2, 0.25) is 0 Å². The molecule has 3 unspecified atom stereocenters. The lowest BCUT2D eigenvalue weighted by molar-refractivity contribution is 0.0212. The first-order valence-electron chi connectivity index (χ1n) is 12.3. The third-order valence-corrected chi connectivity index (χ3v) is 10.9. The Morgan fingerprint density at radius 2 is 2.00 bits per heavy atom. The molecule has 6 rings (SSSR count). The number of fused-ring (bicyclic) bond motifs is 2. The van der Waals surface area contributed by atoms with E-state index in [2.05, 4.69) is 16.4 Å². The summed E-state index contributed by atoms with van der Waals surface area (Å²) in [6.45, 7) is 0.728. The number of pyridine rings is 1. The van der Waals surface area contributed by atoms with Crippen LogP contribution < -0.4 is 10.9 Å². The molecule has 1 aliphatic carbocycles. The second-order valence-electron chi connectivity index (χ2n) is 9.95. The summed E-state index contributed by atoms with van der Waals surface area (Å²) in [7, 11) is -3.23. The van der Waals surface area contributed by atoms with Gasteiger partial charge in [-0.2, -0.15) is 21.0 Å². The van der Waals surface area contributed by atoms with Gasteiger partial charge in [0.05, 0.1) is 33.2 Å². The van der Waals surface area contributed by atoms with Gasteiger partial charge >= 0.3 is 0 Å². The van der Waals surface area contributed by atoms with Crippen molar-refractivity contribution >= 4 is 33.0 Å². The Bertz CT molecular complexity index is 1420. The minimum absolute atomic E-state index is 0.119. The van der Waals surface area contributed by atoms with Crippen molar-refractivity contribution in [1.82, 2.24) is 14.8 Å². The van der Waals surface area contributed by atoms with Crippen LogP contribution in [0.5, 0.6) is 0 Å². The zero-order chi connectivity index (χ0) is 25.1. The predicted molar refractivity (Wildman–Crippen MR) is 136 cm³/mol. The van der Waals surface area contributed by atoms with Crippen LogP contribution in [0, 0.1) is 17.2 Å². The minimum atomic E-state index is -3.23. The Morgan fingerprint density at radius 3 is 2.78 bits per heavy atom. The van der Waals surface area contributed by atoms with Gasteiger partial charge in [0, 0.05) is 30.7 Å². The molecule has 190 valence electrons. The van der Waals surface area contributed by atoms with Gasteiger partial charge < -0.3 is 20.1 Å². The number of nitrogens with zero attached hydrogens (tertiary/aromatic N) is 3. The van der Waals surface area contributed by atoms with Crippen LogP contribution in [-0.4, -0.2) is 46.9 Å². The van der Waals surface area contributed by atoms with Gasteiger partial charge in [-0.25, -0.2) is 0 Å². The number of aliphatic hydroxyl groups is 1. The van der Waals surface area contributed by atoms with Crippen molar-refractivity contribution in [2.24, 2.45) is 5.92 Å². The van der Waals surface area contributed by atoms with Gasteiger partial charge in [-0.3, -0.25) is 18.6 Å². The molecule has 2 aliphatic heterocycles. The molecule has 3 atom stereocenters. The molecule has 5 N–H and O–H groups in total. The highest BCUT2D eigenvalue weighted by molar-refractivity contribution is 8.25. The number of aromatic amines is 1. The molecule has 10 nitrogen and oxygen atoms in total. The Morgan fingerprint density at radius 1 is 1.22 bits per heavy atom. The lowest BCUT2D eigenvalue weighted by Crippen LogP contribution is -2.42. The van der Waals surface area contributed by atoms with Crippen LogP contribution in [0.3, 0.4) is 0 Å². The smallest absolute Gasteiger partial charge is 0.261 e. The molecule has 0 radical (unpaired) electrons. The molecule has 1 aromatic carbocycles. The monoisotopic (exact) mass is 511 g/mol. The normalized spacial score (nSPS) is 27.4. The number of hydrogen-bond donors (Lipinski definition) is 5. The summed E-state index contributed by atoms with van der Waals surface area (Å²) in [6, 6.07) is 9.14. The SMILES string of the molecule is N#CC1CCCCC1n1nc(Nc2ccc3c(c2)C(O)C2(CCOCC2)S3(O)O)c2c(=O)[nH]ccc21. The van der Waals surface area contributed by atoms with Crippen LogP contribution in [0.4, 0.5) is 11.5 Å². The molecule has 0 bridgehead atoms. The number of aliphatic hydroxyl groups excluding tert-OH is 1. The van der Waals surface area contributed by atoms with Crippen molar-refractivity contribution in [2.75, 3.05) is 18.5 Å². The van der Waals surface area contributed by atoms with E-state index in [1.165, 1.54) is 0 Å². The zero-order valence-corrected chi connectivity index (χ0v) is 20.5. The number of H-pyrrole nitrogens is 1. The number of aromatic nitrogens is 3. The van der Waals surface area contributed by atoms with Crippen molar-refractivity contribution in [3.05, 3.63) is 46.4 Å². The molecule has 3 aromatic rings. The average Bonchev–Trinajstić information content (AvgIpc) is 3.33. The Labute approximate surface area is 209 Å². The molecular formula is C25H29N5O5S. The first-order valence-corrected chi connectivity index (χ1v) is 13.9. The number of rotatable bonds is 3. The standard InChI is InChI=1S/C25H29N5O5S/c26-14-15-3-1-2-4-18(15)30-19-7-10-27-24(32)21(19)23(29-30)28-16-5-6-20-17(13-16)22(31)25(36(20,33)34)8-11-35-12-9-25/h5-7,10,13,15,18,22,31,33-34H,1-4,8-9,11-12H2,(H,27,32)(H,28,29). The van der Waals surface area contributed by atoms with Crippen molar-refractivity contribution in [2.45, 2.75) is 60.3 Å². The lowest BCUT2D eigenvalue weighted by Gasteiger charge is -2.49. The largest absolute Gasteiger partial charge is 0.386 e. The number of ether oxygens (including phenoxy) is 1. The fraction of sp³-hybridized carbons (Fsp3) is 0.480. The van der Waals surface area contributed by atoms with Gasteiger partial charge in [-0.05, 0) is 49.9 Å². The van der Waals surface area contributed by atoms with E-state index in [4.69, 9.17) is 9.84 Å². The molecule has 2 fully saturated rings. The molecule has 4 heterocycles. The molecule has 1 saturated carbocycles. The van der Waals surface area contributed by atoms with E-state index in [0.29, 0.717) is 58.9 Å². The van der Waals surface area contributed by atoms with Gasteiger partial charge in [0.1, 0.15) is 11.5 Å². The van der Waals surface area contributed by atoms with E-state index >= 15 is 0 Å². The molecule has 3 aliphatic rings. The van der Waals surface area contributed by atoms with Crippen LogP contribution in [0.25, 0.3) is 10.9 Å². The summed E-state index contributed by atoms with van der Waals surface area (Å²) < 4.78 is 28.5. The van der Waals surface area contributed by atoms with E-state index < -0.39 is 21.4 Å². The highest BCUT2D eigenvalue weighted by Crippen LogP contribution is 2.73. The summed E-state index contributed by atoms with van der Waals surface area (Å²) in [5.41, 5.74) is 1.41. The third-order valence-electron chi connectivity index (χ3n) is 8.12. The number of anilines is 2. The van der Waals surface area contributed by atoms with E-state index in [0.717, 1.165) is 25.7 Å². The van der Waals surface area contributed by atoms with Crippen LogP contribution in [-0.2, 0) is 4.74 Å². The second-order valence-corrected chi connectivity index (χ2v) is 12.3. The third kappa shape index (κ3) is 3.33. The summed E-state index contributed by atoms with van der Waals surface area (Å²) in [4.78, 5) is 15.9. The maximum absolute atomic E-state index is 12.8. The molecule has 0 amide bonds. The minimum Gasteiger partial charge on any atom is -0.386 e.